The van der Waals surface area contributed by atoms with Crippen LogP contribution in [-0.2, 0) is 0 Å². The van der Waals surface area contributed by atoms with Crippen molar-refractivity contribution in [3.63, 3.8) is 0 Å². The molecule has 2 aromatic rings. The van der Waals surface area contributed by atoms with Crippen molar-refractivity contribution in [2.75, 3.05) is 18.5 Å². The molecule has 1 aromatic carbocycles. The molecule has 1 aromatic heterocycles. The fraction of sp³-hybridized carbons (Fsp3) is 0.462. The minimum atomic E-state index is -0.437. The summed E-state index contributed by atoms with van der Waals surface area (Å²) < 4.78 is 2.79. The number of anilines is 1. The third-order valence-corrected chi connectivity index (χ3v) is 3.60. The van der Waals surface area contributed by atoms with Crippen LogP contribution in [0.2, 0.25) is 0 Å². The molecule has 0 fully saturated rings. The Morgan fingerprint density at radius 2 is 1.95 bits per heavy atom. The molecule has 2 rings (SSSR count). The van der Waals surface area contributed by atoms with Crippen LogP contribution in [0.25, 0.3) is 0 Å². The molecule has 7 heteroatoms. The van der Waals surface area contributed by atoms with E-state index >= 15 is 0 Å². The predicted octanol–water partition coefficient (Wildman–Crippen LogP) is 1.86. The number of halogens is 1. The number of tetrazole rings is 1. The van der Waals surface area contributed by atoms with E-state index in [1.165, 1.54) is 0 Å². The average Bonchev–Trinajstić information content (AvgIpc) is 2.87. The summed E-state index contributed by atoms with van der Waals surface area (Å²) in [5, 5.41) is 21.3. The number of likely N-dealkylation sites (N-methyl/N-ethyl adjacent to an activating group) is 1. The molecule has 0 amide bonds. The fourth-order valence-corrected chi connectivity index (χ4v) is 2.32. The summed E-state index contributed by atoms with van der Waals surface area (Å²) in [5.74, 6) is 0.640. The van der Waals surface area contributed by atoms with Crippen LogP contribution in [0.1, 0.15) is 25.5 Å². The molecular weight excluding hydrogens is 322 g/mol. The molecule has 0 aliphatic carbocycles. The number of aliphatic hydroxyl groups is 1. The predicted molar refractivity (Wildman–Crippen MR) is 80.7 cm³/mol. The van der Waals surface area contributed by atoms with Crippen LogP contribution < -0.4 is 4.90 Å². The Labute approximate surface area is 126 Å². The van der Waals surface area contributed by atoms with Crippen LogP contribution in [-0.4, -0.2) is 45.0 Å². The largest absolute Gasteiger partial charge is 0.392 e. The number of hydrogen-bond acceptors (Lipinski definition) is 5. The molecule has 108 valence electrons. The highest BCUT2D eigenvalue weighted by Crippen LogP contribution is 2.22. The maximum Gasteiger partial charge on any atom is 0.245 e. The third-order valence-electron chi connectivity index (χ3n) is 3.07. The van der Waals surface area contributed by atoms with Gasteiger partial charge in [0, 0.05) is 18.1 Å². The smallest absolute Gasteiger partial charge is 0.245 e. The first-order valence-corrected chi connectivity index (χ1v) is 7.21. The van der Waals surface area contributed by atoms with Gasteiger partial charge in [-0.25, -0.2) is 4.68 Å². The molecule has 0 saturated heterocycles. The van der Waals surface area contributed by atoms with Gasteiger partial charge >= 0.3 is 0 Å². The molecule has 0 radical (unpaired) electrons. The highest BCUT2D eigenvalue weighted by atomic mass is 79.9. The van der Waals surface area contributed by atoms with Crippen LogP contribution in [0.3, 0.4) is 0 Å². The lowest BCUT2D eigenvalue weighted by atomic mass is 10.1. The van der Waals surface area contributed by atoms with Crippen LogP contribution in [0, 0.1) is 0 Å². The summed E-state index contributed by atoms with van der Waals surface area (Å²) in [7, 11) is 1.86. The van der Waals surface area contributed by atoms with Crippen molar-refractivity contribution in [3.05, 3.63) is 34.3 Å². The highest BCUT2D eigenvalue weighted by molar-refractivity contribution is 9.10. The van der Waals surface area contributed by atoms with Crippen molar-refractivity contribution < 1.29 is 5.11 Å². The minimum absolute atomic E-state index is 0.0181. The van der Waals surface area contributed by atoms with Gasteiger partial charge in [-0.3, -0.25) is 0 Å². The molecule has 1 unspecified atom stereocenters. The summed E-state index contributed by atoms with van der Waals surface area (Å²) in [6.45, 7) is 4.26. The fourth-order valence-electron chi connectivity index (χ4n) is 2.05. The van der Waals surface area contributed by atoms with Gasteiger partial charge in [0.1, 0.15) is 0 Å². The SMILES string of the molecule is CC(c1ccc(Br)cc1)n1nnnc1N(C)C[C@@H](C)O. The van der Waals surface area contributed by atoms with Gasteiger partial charge in [0.15, 0.2) is 0 Å². The summed E-state index contributed by atoms with van der Waals surface area (Å²) in [5.41, 5.74) is 1.12. The van der Waals surface area contributed by atoms with E-state index in [1.807, 2.05) is 43.1 Å². The van der Waals surface area contributed by atoms with E-state index in [2.05, 4.69) is 31.5 Å². The summed E-state index contributed by atoms with van der Waals surface area (Å²) in [6, 6.07) is 8.08. The molecule has 0 spiro atoms. The number of aromatic nitrogens is 4. The molecule has 6 nitrogen and oxygen atoms in total. The lowest BCUT2D eigenvalue weighted by Gasteiger charge is -2.22. The Hall–Kier alpha value is -1.47. The number of benzene rings is 1. The van der Waals surface area contributed by atoms with Gasteiger partial charge in [-0.2, -0.15) is 0 Å². The minimum Gasteiger partial charge on any atom is -0.392 e. The molecule has 0 bridgehead atoms. The molecule has 20 heavy (non-hydrogen) atoms. The van der Waals surface area contributed by atoms with E-state index in [0.717, 1.165) is 10.0 Å². The van der Waals surface area contributed by atoms with Crippen molar-refractivity contribution in [2.45, 2.75) is 26.0 Å². The maximum atomic E-state index is 9.47. The maximum absolute atomic E-state index is 9.47. The van der Waals surface area contributed by atoms with Crippen molar-refractivity contribution in [2.24, 2.45) is 0 Å². The lowest BCUT2D eigenvalue weighted by Crippen LogP contribution is -2.30. The second-order valence-electron chi connectivity index (χ2n) is 4.88. The van der Waals surface area contributed by atoms with Gasteiger partial charge in [0.05, 0.1) is 12.1 Å². The molecule has 0 aliphatic heterocycles. The second kappa shape index (κ2) is 6.32. The zero-order chi connectivity index (χ0) is 14.7. The number of nitrogens with zero attached hydrogens (tertiary/aromatic N) is 5. The molecule has 0 aliphatic rings. The number of aliphatic hydroxyl groups excluding tert-OH is 1. The van der Waals surface area contributed by atoms with Crippen LogP contribution in [0.5, 0.6) is 0 Å². The quantitative estimate of drug-likeness (QED) is 0.900. The van der Waals surface area contributed by atoms with E-state index in [-0.39, 0.29) is 6.04 Å². The third kappa shape index (κ3) is 3.34. The van der Waals surface area contributed by atoms with E-state index in [4.69, 9.17) is 0 Å². The zero-order valence-corrected chi connectivity index (χ0v) is 13.3. The van der Waals surface area contributed by atoms with Crippen LogP contribution >= 0.6 is 15.9 Å². The first-order chi connectivity index (χ1) is 9.49. The molecule has 0 saturated carbocycles. The van der Waals surface area contributed by atoms with E-state index in [9.17, 15) is 5.11 Å². The van der Waals surface area contributed by atoms with Crippen LogP contribution in [0.4, 0.5) is 5.95 Å². The molecular formula is C13H18BrN5O. The van der Waals surface area contributed by atoms with E-state index in [0.29, 0.717) is 12.5 Å². The molecule has 1 N–H and O–H groups in total. The Balaban J connectivity index is 2.24. The number of rotatable bonds is 5. The van der Waals surface area contributed by atoms with Gasteiger partial charge in [-0.05, 0) is 42.0 Å². The zero-order valence-electron chi connectivity index (χ0n) is 11.7. The first-order valence-electron chi connectivity index (χ1n) is 6.41. The van der Waals surface area contributed by atoms with Crippen molar-refractivity contribution >= 4 is 21.9 Å². The Bertz CT molecular complexity index is 554. The van der Waals surface area contributed by atoms with Crippen LogP contribution in [0.15, 0.2) is 28.7 Å². The Kier molecular flexibility index (Phi) is 4.72. The van der Waals surface area contributed by atoms with E-state index in [1.54, 1.807) is 11.6 Å². The van der Waals surface area contributed by atoms with Gasteiger partial charge in [-0.15, -0.1) is 0 Å². The normalized spacial score (nSPS) is 14.1. The topological polar surface area (TPSA) is 67.1 Å². The Morgan fingerprint density at radius 1 is 1.30 bits per heavy atom. The van der Waals surface area contributed by atoms with E-state index < -0.39 is 6.10 Å². The Morgan fingerprint density at radius 3 is 2.55 bits per heavy atom. The molecule has 1 heterocycles. The summed E-state index contributed by atoms with van der Waals surface area (Å²) in [6.07, 6.45) is -0.437. The summed E-state index contributed by atoms with van der Waals surface area (Å²) in [4.78, 5) is 1.85. The monoisotopic (exact) mass is 339 g/mol. The molecule has 2 atom stereocenters. The first kappa shape index (κ1) is 14.9. The van der Waals surface area contributed by atoms with Crippen molar-refractivity contribution in [1.82, 2.24) is 20.2 Å². The highest BCUT2D eigenvalue weighted by Gasteiger charge is 2.18. The van der Waals surface area contributed by atoms with Gasteiger partial charge in [0.2, 0.25) is 5.95 Å². The van der Waals surface area contributed by atoms with Gasteiger partial charge in [-0.1, -0.05) is 33.2 Å². The standard InChI is InChI=1S/C13H18BrN5O/c1-9(20)8-18(3)13-15-16-17-19(13)10(2)11-4-6-12(14)7-5-11/h4-7,9-10,20H,8H2,1-3H3/t9-,10?/m1/s1. The van der Waals surface area contributed by atoms with Crippen molar-refractivity contribution in [3.8, 4) is 0 Å². The number of hydrogen-bond donors (Lipinski definition) is 1. The van der Waals surface area contributed by atoms with Gasteiger partial charge in [0.25, 0.3) is 0 Å². The average molecular weight is 340 g/mol. The van der Waals surface area contributed by atoms with Gasteiger partial charge < -0.3 is 10.0 Å². The summed E-state index contributed by atoms with van der Waals surface area (Å²) >= 11 is 3.43. The lowest BCUT2D eigenvalue weighted by molar-refractivity contribution is 0.201. The second-order valence-corrected chi connectivity index (χ2v) is 5.80. The van der Waals surface area contributed by atoms with Crippen molar-refractivity contribution in [1.29, 1.82) is 0 Å².